The molecule has 4 heteroatoms. The Hall–Kier alpha value is -0.160. The monoisotopic (exact) mass is 272 g/mol. The average molecular weight is 272 g/mol. The van der Waals surface area contributed by atoms with E-state index in [0.717, 1.165) is 19.4 Å². The van der Waals surface area contributed by atoms with E-state index in [2.05, 4.69) is 0 Å². The van der Waals surface area contributed by atoms with Crippen molar-refractivity contribution in [2.45, 2.75) is 82.5 Å². The molecule has 19 heavy (non-hydrogen) atoms. The lowest BCUT2D eigenvalue weighted by molar-refractivity contribution is 0.0342. The van der Waals surface area contributed by atoms with Gasteiger partial charge in [-0.2, -0.15) is 0 Å². The fourth-order valence-corrected chi connectivity index (χ4v) is 2.69. The van der Waals surface area contributed by atoms with E-state index in [9.17, 15) is 5.11 Å². The van der Waals surface area contributed by atoms with Gasteiger partial charge in [-0.3, -0.25) is 0 Å². The van der Waals surface area contributed by atoms with Gasteiger partial charge in [-0.15, -0.1) is 0 Å². The summed E-state index contributed by atoms with van der Waals surface area (Å²) >= 11 is 0. The summed E-state index contributed by atoms with van der Waals surface area (Å²) in [5.74, 6) is 0. The molecule has 0 spiro atoms. The van der Waals surface area contributed by atoms with Crippen molar-refractivity contribution in [2.24, 2.45) is 11.5 Å². The van der Waals surface area contributed by atoms with Crippen molar-refractivity contribution in [3.63, 3.8) is 0 Å². The Labute approximate surface area is 117 Å². The van der Waals surface area contributed by atoms with Gasteiger partial charge in [0.25, 0.3) is 0 Å². The number of aliphatic hydroxyl groups is 1. The summed E-state index contributed by atoms with van der Waals surface area (Å²) in [6.07, 6.45) is 12.0. The standard InChI is InChI=1S/C15H32N2O2/c16-11-9-7-5-3-1-2-4-6-8-10-14-15(18)13(17)12-19-14/h13-15,18H,1-12,16-17H2/t13-,14-,15-/m0/s1. The van der Waals surface area contributed by atoms with Crippen molar-refractivity contribution in [2.75, 3.05) is 13.2 Å². The van der Waals surface area contributed by atoms with Gasteiger partial charge in [0, 0.05) is 0 Å². The molecule has 0 bridgehead atoms. The normalized spacial score (nSPS) is 27.0. The first-order valence-corrected chi connectivity index (χ1v) is 8.01. The minimum atomic E-state index is -0.456. The van der Waals surface area contributed by atoms with Crippen molar-refractivity contribution in [3.05, 3.63) is 0 Å². The Morgan fingerprint density at radius 3 is 1.89 bits per heavy atom. The van der Waals surface area contributed by atoms with Crippen molar-refractivity contribution in [3.8, 4) is 0 Å². The maximum atomic E-state index is 9.74. The molecule has 5 N–H and O–H groups in total. The molecule has 0 radical (unpaired) electrons. The number of aliphatic hydroxyl groups excluding tert-OH is 1. The highest BCUT2D eigenvalue weighted by Gasteiger charge is 2.32. The van der Waals surface area contributed by atoms with E-state index in [-0.39, 0.29) is 12.1 Å². The summed E-state index contributed by atoms with van der Waals surface area (Å²) in [5, 5.41) is 9.74. The molecule has 0 unspecified atom stereocenters. The van der Waals surface area contributed by atoms with Gasteiger partial charge in [0.1, 0.15) is 0 Å². The predicted octanol–water partition coefficient (Wildman–Crippen LogP) is 1.93. The summed E-state index contributed by atoms with van der Waals surface area (Å²) in [6.45, 7) is 1.34. The van der Waals surface area contributed by atoms with Gasteiger partial charge in [-0.05, 0) is 19.4 Å². The van der Waals surface area contributed by atoms with Crippen LogP contribution in [-0.4, -0.2) is 36.5 Å². The second kappa shape index (κ2) is 10.6. The van der Waals surface area contributed by atoms with Crippen molar-refractivity contribution in [1.82, 2.24) is 0 Å². The third-order valence-corrected chi connectivity index (χ3v) is 4.02. The Bertz CT molecular complexity index is 214. The topological polar surface area (TPSA) is 81.5 Å². The van der Waals surface area contributed by atoms with Crippen LogP contribution in [0.5, 0.6) is 0 Å². The molecule has 0 amide bonds. The highest BCUT2D eigenvalue weighted by molar-refractivity contribution is 4.85. The molecule has 1 rings (SSSR count). The molecular formula is C15H32N2O2. The van der Waals surface area contributed by atoms with Gasteiger partial charge in [-0.1, -0.05) is 51.4 Å². The lowest BCUT2D eigenvalue weighted by atomic mass is 10.0. The molecule has 0 saturated carbocycles. The van der Waals surface area contributed by atoms with E-state index in [4.69, 9.17) is 16.2 Å². The summed E-state index contributed by atoms with van der Waals surface area (Å²) < 4.78 is 5.47. The molecule has 3 atom stereocenters. The van der Waals surface area contributed by atoms with Crippen molar-refractivity contribution < 1.29 is 9.84 Å². The summed E-state index contributed by atoms with van der Waals surface area (Å²) in [7, 11) is 0. The van der Waals surface area contributed by atoms with E-state index in [1.807, 2.05) is 0 Å². The fourth-order valence-electron chi connectivity index (χ4n) is 2.69. The van der Waals surface area contributed by atoms with Gasteiger partial charge in [0.2, 0.25) is 0 Å². The van der Waals surface area contributed by atoms with Crippen LogP contribution in [-0.2, 0) is 4.74 Å². The maximum absolute atomic E-state index is 9.74. The third kappa shape index (κ3) is 7.25. The predicted molar refractivity (Wildman–Crippen MR) is 78.9 cm³/mol. The van der Waals surface area contributed by atoms with Crippen LogP contribution in [0.25, 0.3) is 0 Å². The van der Waals surface area contributed by atoms with Crippen LogP contribution in [0.3, 0.4) is 0 Å². The molecule has 114 valence electrons. The highest BCUT2D eigenvalue weighted by atomic mass is 16.5. The summed E-state index contributed by atoms with van der Waals surface area (Å²) in [6, 6.07) is -0.182. The lowest BCUT2D eigenvalue weighted by Crippen LogP contribution is -2.36. The molecule has 0 aromatic heterocycles. The van der Waals surface area contributed by atoms with Crippen LogP contribution in [0.1, 0.15) is 64.2 Å². The minimum Gasteiger partial charge on any atom is -0.389 e. The number of nitrogens with two attached hydrogens (primary N) is 2. The Morgan fingerprint density at radius 1 is 0.895 bits per heavy atom. The minimum absolute atomic E-state index is 0.0220. The van der Waals surface area contributed by atoms with Gasteiger partial charge in [0.15, 0.2) is 0 Å². The second-order valence-electron chi connectivity index (χ2n) is 5.79. The quantitative estimate of drug-likeness (QED) is 0.502. The number of ether oxygens (including phenoxy) is 1. The Morgan fingerprint density at radius 2 is 1.42 bits per heavy atom. The Kier molecular flexibility index (Phi) is 9.43. The third-order valence-electron chi connectivity index (χ3n) is 4.02. The summed E-state index contributed by atoms with van der Waals surface area (Å²) in [4.78, 5) is 0. The fraction of sp³-hybridized carbons (Fsp3) is 1.00. The van der Waals surface area contributed by atoms with Gasteiger partial charge >= 0.3 is 0 Å². The van der Waals surface area contributed by atoms with E-state index in [1.165, 1.54) is 51.4 Å². The number of hydrogen-bond acceptors (Lipinski definition) is 4. The Balaban J connectivity index is 1.81. The molecule has 0 aromatic carbocycles. The van der Waals surface area contributed by atoms with Crippen LogP contribution >= 0.6 is 0 Å². The molecule has 1 saturated heterocycles. The SMILES string of the molecule is NCCCCCCCCCCC[C@@H]1OC[C@H](N)[C@@H]1O. The zero-order chi connectivity index (χ0) is 13.9. The largest absolute Gasteiger partial charge is 0.389 e. The molecule has 4 nitrogen and oxygen atoms in total. The number of hydrogen-bond donors (Lipinski definition) is 3. The number of unbranched alkanes of at least 4 members (excludes halogenated alkanes) is 8. The first-order valence-electron chi connectivity index (χ1n) is 8.01. The molecular weight excluding hydrogens is 240 g/mol. The second-order valence-corrected chi connectivity index (χ2v) is 5.79. The van der Waals surface area contributed by atoms with Crippen LogP contribution in [0.4, 0.5) is 0 Å². The van der Waals surface area contributed by atoms with Crippen LogP contribution < -0.4 is 11.5 Å². The summed E-state index contributed by atoms with van der Waals surface area (Å²) in [5.41, 5.74) is 11.2. The maximum Gasteiger partial charge on any atom is 0.0974 e. The van der Waals surface area contributed by atoms with Crippen LogP contribution in [0.2, 0.25) is 0 Å². The van der Waals surface area contributed by atoms with E-state index in [0.29, 0.717) is 6.61 Å². The van der Waals surface area contributed by atoms with E-state index >= 15 is 0 Å². The number of rotatable bonds is 11. The van der Waals surface area contributed by atoms with Gasteiger partial charge < -0.3 is 21.3 Å². The zero-order valence-electron chi connectivity index (χ0n) is 12.2. The van der Waals surface area contributed by atoms with Gasteiger partial charge in [-0.25, -0.2) is 0 Å². The average Bonchev–Trinajstić information content (AvgIpc) is 2.73. The van der Waals surface area contributed by atoms with Crippen LogP contribution in [0, 0.1) is 0 Å². The first kappa shape index (κ1) is 16.9. The molecule has 1 aliphatic heterocycles. The van der Waals surface area contributed by atoms with Crippen LogP contribution in [0.15, 0.2) is 0 Å². The van der Waals surface area contributed by atoms with Gasteiger partial charge in [0.05, 0.1) is 24.9 Å². The molecule has 0 aromatic rings. The molecule has 1 heterocycles. The lowest BCUT2D eigenvalue weighted by Gasteiger charge is -2.14. The smallest absolute Gasteiger partial charge is 0.0974 e. The highest BCUT2D eigenvalue weighted by Crippen LogP contribution is 2.19. The first-order chi connectivity index (χ1) is 9.25. The zero-order valence-corrected chi connectivity index (χ0v) is 12.2. The van der Waals surface area contributed by atoms with E-state index in [1.54, 1.807) is 0 Å². The van der Waals surface area contributed by atoms with Crippen molar-refractivity contribution >= 4 is 0 Å². The molecule has 1 fully saturated rings. The molecule has 1 aliphatic rings. The van der Waals surface area contributed by atoms with E-state index < -0.39 is 6.10 Å². The molecule has 0 aliphatic carbocycles. The van der Waals surface area contributed by atoms with Crippen molar-refractivity contribution in [1.29, 1.82) is 0 Å².